The van der Waals surface area contributed by atoms with Gasteiger partial charge in [0, 0.05) is 27.9 Å². The average Bonchev–Trinajstić information content (AvgIpc) is 2.37. The molecule has 104 valence electrons. The van der Waals surface area contributed by atoms with Crippen LogP contribution in [0.25, 0.3) is 0 Å². The van der Waals surface area contributed by atoms with Crippen molar-refractivity contribution in [2.24, 2.45) is 0 Å². The molecule has 1 rings (SSSR count). The van der Waals surface area contributed by atoms with E-state index in [1.54, 1.807) is 6.92 Å². The normalized spacial score (nSPS) is 11.2. The quantitative estimate of drug-likeness (QED) is 0.474. The lowest BCUT2D eigenvalue weighted by molar-refractivity contribution is -0.385. The zero-order chi connectivity index (χ0) is 14.6. The summed E-state index contributed by atoms with van der Waals surface area (Å²) in [5.41, 5.74) is 0.487. The third-order valence-electron chi connectivity index (χ3n) is 2.66. The number of benzene rings is 1. The van der Waals surface area contributed by atoms with Crippen LogP contribution in [0.5, 0.6) is 0 Å². The maximum absolute atomic E-state index is 12.1. The number of halogens is 2. The summed E-state index contributed by atoms with van der Waals surface area (Å²) in [7, 11) is 0. The maximum atomic E-state index is 12.1. The fourth-order valence-corrected chi connectivity index (χ4v) is 2.66. The maximum Gasteiger partial charge on any atom is 0.272 e. The molecule has 0 bridgehead atoms. The summed E-state index contributed by atoms with van der Waals surface area (Å²) < 4.78 is 0. The summed E-state index contributed by atoms with van der Waals surface area (Å²) in [6.07, 6.45) is 0. The minimum absolute atomic E-state index is 0.0142. The molecule has 0 aliphatic heterocycles. The van der Waals surface area contributed by atoms with Crippen molar-refractivity contribution in [3.8, 4) is 0 Å². The van der Waals surface area contributed by atoms with Gasteiger partial charge in [-0.2, -0.15) is 0 Å². The average molecular weight is 394 g/mol. The molecular formula is C12H14Br2N2O3. The third-order valence-corrected chi connectivity index (χ3v) is 5.14. The molecule has 1 aromatic carbocycles. The van der Waals surface area contributed by atoms with Crippen LogP contribution in [0.4, 0.5) is 5.69 Å². The topological polar surface area (TPSA) is 72.2 Å². The molecule has 19 heavy (non-hydrogen) atoms. The highest BCUT2D eigenvalue weighted by Gasteiger charge is 2.25. The highest BCUT2D eigenvalue weighted by atomic mass is 79.9. The molecule has 0 fully saturated rings. The second-order valence-corrected chi connectivity index (χ2v) is 5.66. The molecule has 1 N–H and O–H groups in total. The molecule has 0 heterocycles. The molecule has 0 aliphatic carbocycles. The number of carbonyl (C=O) groups excluding carboxylic acids is 1. The molecule has 0 aliphatic rings. The Bertz CT molecular complexity index is 502. The fourth-order valence-electron chi connectivity index (χ4n) is 1.45. The van der Waals surface area contributed by atoms with Gasteiger partial charge >= 0.3 is 0 Å². The molecule has 0 spiro atoms. The van der Waals surface area contributed by atoms with Gasteiger partial charge in [0.1, 0.15) is 0 Å². The summed E-state index contributed by atoms with van der Waals surface area (Å²) in [6, 6.07) is 4.34. The van der Waals surface area contributed by atoms with Crippen LogP contribution >= 0.6 is 31.9 Å². The van der Waals surface area contributed by atoms with E-state index in [1.807, 2.05) is 6.92 Å². The molecule has 0 atom stereocenters. The molecule has 0 radical (unpaired) electrons. The Balaban J connectivity index is 2.96. The van der Waals surface area contributed by atoms with Gasteiger partial charge in [-0.3, -0.25) is 14.9 Å². The Hall–Kier alpha value is -0.950. The lowest BCUT2D eigenvalue weighted by Gasteiger charge is -2.26. The number of nitrogens with one attached hydrogen (secondary N) is 1. The first kappa shape index (κ1) is 16.1. The number of rotatable bonds is 5. The van der Waals surface area contributed by atoms with Crippen LogP contribution in [0.15, 0.2) is 18.2 Å². The van der Waals surface area contributed by atoms with Crippen LogP contribution in [0.1, 0.15) is 22.8 Å². The minimum atomic E-state index is -0.460. The monoisotopic (exact) mass is 392 g/mol. The van der Waals surface area contributed by atoms with Crippen molar-refractivity contribution in [2.45, 2.75) is 19.4 Å². The molecule has 5 nitrogen and oxygen atoms in total. The molecule has 1 amide bonds. The van der Waals surface area contributed by atoms with E-state index in [-0.39, 0.29) is 11.6 Å². The number of amides is 1. The zero-order valence-corrected chi connectivity index (χ0v) is 13.7. The van der Waals surface area contributed by atoms with E-state index < -0.39 is 10.5 Å². The van der Waals surface area contributed by atoms with E-state index in [9.17, 15) is 14.9 Å². The Morgan fingerprint density at radius 3 is 2.42 bits per heavy atom. The predicted molar refractivity (Wildman–Crippen MR) is 81.3 cm³/mol. The summed E-state index contributed by atoms with van der Waals surface area (Å²) in [4.78, 5) is 22.3. The van der Waals surface area contributed by atoms with Gasteiger partial charge in [-0.05, 0) is 26.0 Å². The van der Waals surface area contributed by atoms with Crippen LogP contribution in [0, 0.1) is 17.0 Å². The molecular weight excluding hydrogens is 380 g/mol. The van der Waals surface area contributed by atoms with Crippen LogP contribution in [-0.4, -0.2) is 27.0 Å². The smallest absolute Gasteiger partial charge is 0.272 e. The molecule has 0 saturated heterocycles. The van der Waals surface area contributed by atoms with Crippen molar-refractivity contribution in [2.75, 3.05) is 10.7 Å². The second-order valence-electron chi connectivity index (χ2n) is 4.54. The van der Waals surface area contributed by atoms with E-state index in [0.717, 1.165) is 0 Å². The number of nitro benzene ring substituents is 1. The number of hydrogen-bond acceptors (Lipinski definition) is 3. The SMILES string of the molecule is Cc1cc(C(=O)NC(C)(CBr)CBr)ccc1[N+](=O)[O-]. The van der Waals surface area contributed by atoms with Crippen LogP contribution < -0.4 is 5.32 Å². The lowest BCUT2D eigenvalue weighted by Crippen LogP contribution is -2.48. The van der Waals surface area contributed by atoms with Crippen molar-refractivity contribution in [3.05, 3.63) is 39.4 Å². The van der Waals surface area contributed by atoms with E-state index in [2.05, 4.69) is 37.2 Å². The number of carbonyl (C=O) groups is 1. The summed E-state index contributed by atoms with van der Waals surface area (Å²) in [5.74, 6) is -0.251. The first-order valence-corrected chi connectivity index (χ1v) is 7.77. The number of aryl methyl sites for hydroxylation is 1. The minimum Gasteiger partial charge on any atom is -0.345 e. The largest absolute Gasteiger partial charge is 0.345 e. The first-order valence-electron chi connectivity index (χ1n) is 5.52. The van der Waals surface area contributed by atoms with E-state index in [1.165, 1.54) is 18.2 Å². The van der Waals surface area contributed by atoms with Crippen LogP contribution in [-0.2, 0) is 0 Å². The molecule has 0 saturated carbocycles. The Labute approximate surface area is 128 Å². The predicted octanol–water partition coefficient (Wildman–Crippen LogP) is 3.18. The van der Waals surface area contributed by atoms with Gasteiger partial charge in [-0.15, -0.1) is 0 Å². The second kappa shape index (κ2) is 6.47. The Kier molecular flexibility index (Phi) is 5.49. The van der Waals surface area contributed by atoms with E-state index >= 15 is 0 Å². The number of nitrogens with zero attached hydrogens (tertiary/aromatic N) is 1. The van der Waals surface area contributed by atoms with E-state index in [4.69, 9.17) is 0 Å². The van der Waals surface area contributed by atoms with Crippen molar-refractivity contribution in [1.82, 2.24) is 5.32 Å². The standard InChI is InChI=1S/C12H14Br2N2O3/c1-8-5-9(3-4-10(8)16(18)19)11(17)15-12(2,6-13)7-14/h3-5H,6-7H2,1-2H3,(H,15,17). The van der Waals surface area contributed by atoms with Gasteiger partial charge in [-0.25, -0.2) is 0 Å². The number of alkyl halides is 2. The van der Waals surface area contributed by atoms with Crippen molar-refractivity contribution in [3.63, 3.8) is 0 Å². The molecule has 1 aromatic rings. The first-order chi connectivity index (χ1) is 8.83. The zero-order valence-electron chi connectivity index (χ0n) is 10.6. The van der Waals surface area contributed by atoms with Crippen LogP contribution in [0.2, 0.25) is 0 Å². The molecule has 0 aromatic heterocycles. The van der Waals surface area contributed by atoms with Gasteiger partial charge in [-0.1, -0.05) is 31.9 Å². The van der Waals surface area contributed by atoms with Gasteiger partial charge in [0.2, 0.25) is 0 Å². The van der Waals surface area contributed by atoms with Gasteiger partial charge in [0.25, 0.3) is 11.6 Å². The number of hydrogen-bond donors (Lipinski definition) is 1. The van der Waals surface area contributed by atoms with E-state index in [0.29, 0.717) is 21.8 Å². The molecule has 7 heteroatoms. The highest BCUT2D eigenvalue weighted by molar-refractivity contribution is 9.09. The Morgan fingerprint density at radius 1 is 1.42 bits per heavy atom. The van der Waals surface area contributed by atoms with Crippen LogP contribution in [0.3, 0.4) is 0 Å². The fraction of sp³-hybridized carbons (Fsp3) is 0.417. The number of nitro groups is 1. The van der Waals surface area contributed by atoms with Gasteiger partial charge < -0.3 is 5.32 Å². The summed E-state index contributed by atoms with van der Waals surface area (Å²) in [5, 5.41) is 14.8. The Morgan fingerprint density at radius 2 is 2.00 bits per heavy atom. The van der Waals surface area contributed by atoms with Crippen molar-refractivity contribution < 1.29 is 9.72 Å². The van der Waals surface area contributed by atoms with Crippen molar-refractivity contribution >= 4 is 43.5 Å². The summed E-state index contributed by atoms with van der Waals surface area (Å²) in [6.45, 7) is 3.51. The molecule has 0 unspecified atom stereocenters. The summed E-state index contributed by atoms with van der Waals surface area (Å²) >= 11 is 6.69. The van der Waals surface area contributed by atoms with Gasteiger partial charge in [0.15, 0.2) is 0 Å². The third kappa shape index (κ3) is 4.01. The van der Waals surface area contributed by atoms with Gasteiger partial charge in [0.05, 0.1) is 10.5 Å². The lowest BCUT2D eigenvalue weighted by atomic mass is 10.1. The highest BCUT2D eigenvalue weighted by Crippen LogP contribution is 2.19. The van der Waals surface area contributed by atoms with Crippen molar-refractivity contribution in [1.29, 1.82) is 0 Å².